The number of carbonyl (C=O) groups is 1. The Morgan fingerprint density at radius 3 is 2.60 bits per heavy atom. The highest BCUT2D eigenvalue weighted by molar-refractivity contribution is 7.99. The van der Waals surface area contributed by atoms with E-state index >= 15 is 0 Å². The molecule has 2 aromatic heterocycles. The quantitative estimate of drug-likeness (QED) is 0.0882. The summed E-state index contributed by atoms with van der Waals surface area (Å²) in [6, 6.07) is 24.8. The van der Waals surface area contributed by atoms with Crippen LogP contribution in [0.4, 0.5) is 0 Å². The number of aryl methyl sites for hydroxylation is 2. The molecule has 3 aromatic carbocycles. The summed E-state index contributed by atoms with van der Waals surface area (Å²) in [5, 5.41) is 5.32. The molecule has 0 atom stereocenters. The fourth-order valence-corrected chi connectivity index (χ4v) is 7.16. The zero-order valence-electron chi connectivity index (χ0n) is 23.6. The molecule has 1 amide bonds. The lowest BCUT2D eigenvalue weighted by molar-refractivity contribution is -0.118. The minimum absolute atomic E-state index is 0.0444. The smallest absolute Gasteiger partial charge is 0.267 e. The topological polar surface area (TPSA) is 94.8 Å². The van der Waals surface area contributed by atoms with Crippen molar-refractivity contribution in [1.29, 1.82) is 0 Å². The van der Waals surface area contributed by atoms with E-state index in [1.165, 1.54) is 16.6 Å². The van der Waals surface area contributed by atoms with Gasteiger partial charge in [-0.05, 0) is 72.7 Å². The van der Waals surface area contributed by atoms with Crippen molar-refractivity contribution < 1.29 is 14.3 Å². The highest BCUT2D eigenvalue weighted by Gasteiger charge is 2.23. The average Bonchev–Trinajstić information content (AvgIpc) is 3.42. The summed E-state index contributed by atoms with van der Waals surface area (Å²) in [5.74, 6) is 0.917. The Bertz CT molecular complexity index is 1840. The molecule has 0 saturated heterocycles. The van der Waals surface area contributed by atoms with Crippen LogP contribution >= 0.6 is 23.1 Å². The summed E-state index contributed by atoms with van der Waals surface area (Å²) in [6.45, 7) is 0.424. The van der Waals surface area contributed by atoms with Crippen molar-refractivity contribution in [3.63, 3.8) is 0 Å². The van der Waals surface area contributed by atoms with Crippen LogP contribution in [0.25, 0.3) is 15.9 Å². The maximum atomic E-state index is 13.8. The SMILES string of the molecule is COc1cc(/C=N\NC(=O)CSc2nc3sc4c(c3c(=O)n2-c2ccccc2)CCCC4)ccc1OCc1ccccc1. The first-order valence-corrected chi connectivity index (χ1v) is 15.8. The molecule has 0 unspecified atom stereocenters. The van der Waals surface area contributed by atoms with Crippen LogP contribution in [0.5, 0.6) is 11.5 Å². The van der Waals surface area contributed by atoms with Gasteiger partial charge in [0.25, 0.3) is 11.5 Å². The number of methoxy groups -OCH3 is 1. The highest BCUT2D eigenvalue weighted by atomic mass is 32.2. The van der Waals surface area contributed by atoms with E-state index in [4.69, 9.17) is 14.5 Å². The third kappa shape index (κ3) is 6.50. The Morgan fingerprint density at radius 1 is 1.05 bits per heavy atom. The number of para-hydroxylation sites is 1. The van der Waals surface area contributed by atoms with Crippen molar-refractivity contribution in [2.45, 2.75) is 37.4 Å². The number of nitrogens with zero attached hydrogens (tertiary/aromatic N) is 3. The molecule has 10 heteroatoms. The van der Waals surface area contributed by atoms with Crippen molar-refractivity contribution in [3.8, 4) is 17.2 Å². The number of hydrogen-bond acceptors (Lipinski definition) is 8. The normalized spacial score (nSPS) is 12.8. The van der Waals surface area contributed by atoms with Crippen LogP contribution in [-0.2, 0) is 24.2 Å². The number of hydrazone groups is 1. The zero-order chi connectivity index (χ0) is 29.6. The molecule has 0 aliphatic heterocycles. The molecule has 0 saturated carbocycles. The van der Waals surface area contributed by atoms with Gasteiger partial charge in [0.2, 0.25) is 0 Å². The van der Waals surface area contributed by atoms with Gasteiger partial charge in [0.15, 0.2) is 16.7 Å². The van der Waals surface area contributed by atoms with Crippen molar-refractivity contribution in [2.24, 2.45) is 5.10 Å². The van der Waals surface area contributed by atoms with Crippen molar-refractivity contribution in [2.75, 3.05) is 12.9 Å². The first-order chi connectivity index (χ1) is 21.1. The van der Waals surface area contributed by atoms with Crippen LogP contribution in [-0.4, -0.2) is 34.5 Å². The Kier molecular flexibility index (Phi) is 8.85. The summed E-state index contributed by atoms with van der Waals surface area (Å²) in [7, 11) is 1.58. The number of thioether (sulfide) groups is 1. The number of amides is 1. The van der Waals surface area contributed by atoms with E-state index in [-0.39, 0.29) is 17.2 Å². The van der Waals surface area contributed by atoms with Crippen molar-refractivity contribution in [3.05, 3.63) is 111 Å². The van der Waals surface area contributed by atoms with Gasteiger partial charge in [-0.15, -0.1) is 11.3 Å². The molecular weight excluding hydrogens is 581 g/mol. The number of thiophene rings is 1. The maximum absolute atomic E-state index is 13.8. The number of hydrogen-bond donors (Lipinski definition) is 1. The van der Waals surface area contributed by atoms with Gasteiger partial charge in [0.1, 0.15) is 11.4 Å². The molecular formula is C33H30N4O4S2. The molecule has 0 bridgehead atoms. The molecule has 6 rings (SSSR count). The molecule has 1 aliphatic rings. The number of carbonyl (C=O) groups excluding carboxylic acids is 1. The molecule has 0 spiro atoms. The van der Waals surface area contributed by atoms with Gasteiger partial charge in [-0.1, -0.05) is 60.3 Å². The second kappa shape index (κ2) is 13.3. The summed E-state index contributed by atoms with van der Waals surface area (Å²) < 4.78 is 13.0. The highest BCUT2D eigenvalue weighted by Crippen LogP contribution is 2.35. The molecule has 0 fully saturated rings. The van der Waals surface area contributed by atoms with Crippen LogP contribution in [0.15, 0.2) is 93.9 Å². The van der Waals surface area contributed by atoms with Crippen LogP contribution in [0.2, 0.25) is 0 Å². The third-order valence-electron chi connectivity index (χ3n) is 7.13. The van der Waals surface area contributed by atoms with E-state index in [2.05, 4.69) is 10.5 Å². The van der Waals surface area contributed by atoms with Crippen LogP contribution in [0, 0.1) is 0 Å². The van der Waals surface area contributed by atoms with E-state index in [9.17, 15) is 9.59 Å². The Labute approximate surface area is 257 Å². The van der Waals surface area contributed by atoms with E-state index in [0.717, 1.165) is 52.9 Å². The standard InChI is InChI=1S/C33H30N4O4S2/c1-40-27-18-23(16-17-26(27)41-20-22-10-4-2-5-11-22)19-34-36-29(38)21-42-33-35-31-30(25-14-8-9-15-28(25)43-31)32(39)37(33)24-12-6-3-7-13-24/h2-7,10-13,16-19H,8-9,14-15,20-21H2,1H3,(H,36,38)/b34-19-. The number of rotatable bonds is 10. The summed E-state index contributed by atoms with van der Waals surface area (Å²) in [5.41, 5.74) is 6.16. The Morgan fingerprint density at radius 2 is 1.81 bits per heavy atom. The first-order valence-electron chi connectivity index (χ1n) is 14.0. The third-order valence-corrected chi connectivity index (χ3v) is 9.26. The minimum Gasteiger partial charge on any atom is -0.493 e. The Hall–Kier alpha value is -4.41. The summed E-state index contributed by atoms with van der Waals surface area (Å²) >= 11 is 2.82. The van der Waals surface area contributed by atoms with Gasteiger partial charge in [-0.3, -0.25) is 14.2 Å². The predicted octanol–water partition coefficient (Wildman–Crippen LogP) is 6.16. The molecule has 1 N–H and O–H groups in total. The molecule has 43 heavy (non-hydrogen) atoms. The number of aromatic nitrogens is 2. The van der Waals surface area contributed by atoms with Gasteiger partial charge in [0, 0.05) is 4.88 Å². The van der Waals surface area contributed by atoms with Gasteiger partial charge in [-0.2, -0.15) is 5.10 Å². The van der Waals surface area contributed by atoms with Gasteiger partial charge in [-0.25, -0.2) is 10.4 Å². The molecule has 1 aliphatic carbocycles. The van der Waals surface area contributed by atoms with E-state index < -0.39 is 0 Å². The van der Waals surface area contributed by atoms with Gasteiger partial charge >= 0.3 is 0 Å². The van der Waals surface area contributed by atoms with E-state index in [1.807, 2.05) is 72.8 Å². The molecule has 218 valence electrons. The van der Waals surface area contributed by atoms with Gasteiger partial charge in [0.05, 0.1) is 30.2 Å². The number of ether oxygens (including phenoxy) is 2. The average molecular weight is 611 g/mol. The van der Waals surface area contributed by atoms with Gasteiger partial charge < -0.3 is 9.47 Å². The van der Waals surface area contributed by atoms with Crippen molar-refractivity contribution >= 4 is 45.4 Å². The van der Waals surface area contributed by atoms with E-state index in [1.54, 1.807) is 35.3 Å². The number of fused-ring (bicyclic) bond motifs is 3. The van der Waals surface area contributed by atoms with Crippen molar-refractivity contribution in [1.82, 2.24) is 15.0 Å². The van der Waals surface area contributed by atoms with Crippen LogP contribution in [0.1, 0.15) is 34.4 Å². The van der Waals surface area contributed by atoms with Crippen LogP contribution in [0.3, 0.4) is 0 Å². The molecule has 8 nitrogen and oxygen atoms in total. The van der Waals surface area contributed by atoms with Crippen LogP contribution < -0.4 is 20.5 Å². The first kappa shape index (κ1) is 28.7. The molecule has 0 radical (unpaired) electrons. The second-order valence-corrected chi connectivity index (χ2v) is 12.1. The summed E-state index contributed by atoms with van der Waals surface area (Å²) in [4.78, 5) is 33.5. The predicted molar refractivity (Wildman–Crippen MR) is 172 cm³/mol. The van der Waals surface area contributed by atoms with E-state index in [0.29, 0.717) is 28.6 Å². The second-order valence-electron chi connectivity index (χ2n) is 10.0. The lowest BCUT2D eigenvalue weighted by Gasteiger charge is -2.13. The fraction of sp³-hybridized carbons (Fsp3) is 0.212. The fourth-order valence-electron chi connectivity index (χ4n) is 5.05. The molecule has 2 heterocycles. The number of benzene rings is 3. The Balaban J connectivity index is 1.14. The monoisotopic (exact) mass is 610 g/mol. The largest absolute Gasteiger partial charge is 0.493 e. The summed E-state index contributed by atoms with van der Waals surface area (Å²) in [6.07, 6.45) is 5.66. The zero-order valence-corrected chi connectivity index (χ0v) is 25.2. The lowest BCUT2D eigenvalue weighted by Crippen LogP contribution is -2.24. The minimum atomic E-state index is -0.310. The lowest BCUT2D eigenvalue weighted by atomic mass is 9.97. The number of nitrogens with one attached hydrogen (secondary N) is 1. The molecule has 5 aromatic rings. The maximum Gasteiger partial charge on any atom is 0.267 e.